The van der Waals surface area contributed by atoms with Crippen LogP contribution in [0.5, 0.6) is 0 Å². The molecule has 1 heterocycles. The second-order valence-electron chi connectivity index (χ2n) is 4.85. The van der Waals surface area contributed by atoms with Gasteiger partial charge in [-0.05, 0) is 12.8 Å². The number of thioether (sulfide) groups is 1. The van der Waals surface area contributed by atoms with Crippen molar-refractivity contribution in [2.75, 3.05) is 52.0 Å². The highest BCUT2D eigenvalue weighted by atomic mass is 32.2. The molecule has 0 aromatic heterocycles. The zero-order valence-electron chi connectivity index (χ0n) is 12.8. The number of hydrogen-bond acceptors (Lipinski definition) is 6. The van der Waals surface area contributed by atoms with Gasteiger partial charge in [0.05, 0.1) is 32.0 Å². The van der Waals surface area contributed by atoms with E-state index in [0.717, 1.165) is 25.2 Å². The number of rotatable bonds is 10. The van der Waals surface area contributed by atoms with E-state index in [1.54, 1.807) is 12.0 Å². The number of carbonyl (C=O) groups is 2. The van der Waals surface area contributed by atoms with Gasteiger partial charge in [0.15, 0.2) is 0 Å². The summed E-state index contributed by atoms with van der Waals surface area (Å²) >= 11 is 1.54. The zero-order valence-corrected chi connectivity index (χ0v) is 13.7. The third-order valence-electron chi connectivity index (χ3n) is 3.27. The maximum absolute atomic E-state index is 12.3. The van der Waals surface area contributed by atoms with E-state index in [1.165, 1.54) is 18.9 Å². The Kier molecular flexibility index (Phi) is 9.45. The van der Waals surface area contributed by atoms with Gasteiger partial charge >= 0.3 is 5.97 Å². The molecule has 0 aromatic rings. The van der Waals surface area contributed by atoms with E-state index in [1.807, 2.05) is 0 Å². The molecule has 1 amide bonds. The minimum Gasteiger partial charge on any atom is -0.469 e. The second kappa shape index (κ2) is 10.9. The van der Waals surface area contributed by atoms with E-state index < -0.39 is 0 Å². The van der Waals surface area contributed by atoms with Crippen LogP contribution in [-0.4, -0.2) is 74.9 Å². The van der Waals surface area contributed by atoms with E-state index in [2.05, 4.69) is 4.74 Å². The Bertz CT molecular complexity index is 320. The summed E-state index contributed by atoms with van der Waals surface area (Å²) in [5.74, 6) is 0.923. The smallest absolute Gasteiger partial charge is 0.307 e. The maximum Gasteiger partial charge on any atom is 0.307 e. The van der Waals surface area contributed by atoms with Crippen LogP contribution in [0.3, 0.4) is 0 Å². The summed E-state index contributed by atoms with van der Waals surface area (Å²) in [5.41, 5.74) is 0. The van der Waals surface area contributed by atoms with E-state index >= 15 is 0 Å². The summed E-state index contributed by atoms with van der Waals surface area (Å²) in [6, 6.07) is 0. The largest absolute Gasteiger partial charge is 0.469 e. The molecule has 122 valence electrons. The van der Waals surface area contributed by atoms with Gasteiger partial charge in [-0.1, -0.05) is 0 Å². The van der Waals surface area contributed by atoms with E-state index in [0.29, 0.717) is 25.4 Å². The lowest BCUT2D eigenvalue weighted by Crippen LogP contribution is -2.40. The molecule has 1 atom stereocenters. The van der Waals surface area contributed by atoms with Gasteiger partial charge in [0.25, 0.3) is 0 Å². The molecule has 7 heteroatoms. The molecule has 0 spiro atoms. The maximum atomic E-state index is 12.3. The van der Waals surface area contributed by atoms with Crippen molar-refractivity contribution in [3.63, 3.8) is 0 Å². The predicted molar refractivity (Wildman–Crippen MR) is 81.4 cm³/mol. The number of hydrogen-bond donors (Lipinski definition) is 0. The molecule has 0 saturated carbocycles. The number of carbonyl (C=O) groups excluding carboxylic acids is 2. The molecular formula is C14H25NO5S. The lowest BCUT2D eigenvalue weighted by Gasteiger charge is -2.25. The highest BCUT2D eigenvalue weighted by Gasteiger charge is 2.23. The fourth-order valence-corrected chi connectivity index (χ4v) is 2.86. The average molecular weight is 319 g/mol. The fourth-order valence-electron chi connectivity index (χ4n) is 2.07. The topological polar surface area (TPSA) is 65.1 Å². The molecule has 1 fully saturated rings. The van der Waals surface area contributed by atoms with Crippen molar-refractivity contribution in [1.29, 1.82) is 0 Å². The first-order valence-corrected chi connectivity index (χ1v) is 8.35. The van der Waals surface area contributed by atoms with Crippen LogP contribution in [0.15, 0.2) is 0 Å². The van der Waals surface area contributed by atoms with Gasteiger partial charge < -0.3 is 19.1 Å². The monoisotopic (exact) mass is 319 g/mol. The second-order valence-corrected chi connectivity index (χ2v) is 5.95. The Morgan fingerprint density at radius 1 is 1.38 bits per heavy atom. The van der Waals surface area contributed by atoms with Crippen LogP contribution in [-0.2, 0) is 23.8 Å². The first kappa shape index (κ1) is 18.3. The summed E-state index contributed by atoms with van der Waals surface area (Å²) in [6.45, 7) is 2.33. The van der Waals surface area contributed by atoms with E-state index in [9.17, 15) is 9.59 Å². The summed E-state index contributed by atoms with van der Waals surface area (Å²) in [5, 5.41) is 0. The van der Waals surface area contributed by atoms with Crippen molar-refractivity contribution in [2.24, 2.45) is 0 Å². The number of methoxy groups -OCH3 is 2. The van der Waals surface area contributed by atoms with Gasteiger partial charge in [0.2, 0.25) is 5.91 Å². The van der Waals surface area contributed by atoms with Crippen LogP contribution < -0.4 is 0 Å². The van der Waals surface area contributed by atoms with Crippen molar-refractivity contribution < 1.29 is 23.8 Å². The minimum atomic E-state index is -0.299. The Hall–Kier alpha value is -0.790. The normalized spacial score (nSPS) is 17.7. The lowest BCUT2D eigenvalue weighted by molar-refractivity contribution is -0.141. The standard InChI is InChI=1S/C14H25NO5S/c1-18-8-9-21-11-13(16)15(6-5-14(17)19-2)10-12-4-3-7-20-12/h12H,3-11H2,1-2H3. The van der Waals surface area contributed by atoms with Crippen molar-refractivity contribution in [3.05, 3.63) is 0 Å². The van der Waals surface area contributed by atoms with Crippen molar-refractivity contribution in [3.8, 4) is 0 Å². The number of ether oxygens (including phenoxy) is 3. The molecule has 0 aromatic carbocycles. The molecule has 1 unspecified atom stereocenters. The highest BCUT2D eigenvalue weighted by Crippen LogP contribution is 2.14. The number of amides is 1. The van der Waals surface area contributed by atoms with E-state index in [-0.39, 0.29) is 24.4 Å². The molecule has 1 aliphatic rings. The van der Waals surface area contributed by atoms with Gasteiger partial charge in [-0.2, -0.15) is 0 Å². The predicted octanol–water partition coefficient (Wildman–Crippen LogP) is 0.937. The molecule has 1 aliphatic heterocycles. The minimum absolute atomic E-state index is 0.0375. The van der Waals surface area contributed by atoms with Gasteiger partial charge in [-0.3, -0.25) is 9.59 Å². The van der Waals surface area contributed by atoms with Crippen LogP contribution in [0.2, 0.25) is 0 Å². The van der Waals surface area contributed by atoms with Crippen molar-refractivity contribution >= 4 is 23.6 Å². The molecular weight excluding hydrogens is 294 g/mol. The molecule has 0 radical (unpaired) electrons. The van der Waals surface area contributed by atoms with Crippen LogP contribution in [0.1, 0.15) is 19.3 Å². The Labute approximate surface area is 130 Å². The van der Waals surface area contributed by atoms with Gasteiger partial charge in [0.1, 0.15) is 0 Å². The Balaban J connectivity index is 2.40. The summed E-state index contributed by atoms with van der Waals surface area (Å²) in [4.78, 5) is 25.2. The van der Waals surface area contributed by atoms with Crippen molar-refractivity contribution in [2.45, 2.75) is 25.4 Å². The quantitative estimate of drug-likeness (QED) is 0.441. The van der Waals surface area contributed by atoms with Gasteiger partial charge in [-0.25, -0.2) is 0 Å². The highest BCUT2D eigenvalue weighted by molar-refractivity contribution is 7.99. The van der Waals surface area contributed by atoms with Gasteiger partial charge in [-0.15, -0.1) is 11.8 Å². The first-order valence-electron chi connectivity index (χ1n) is 7.20. The molecule has 1 rings (SSSR count). The molecule has 0 N–H and O–H groups in total. The summed E-state index contributed by atoms with van der Waals surface area (Å²) in [6.07, 6.45) is 2.32. The lowest BCUT2D eigenvalue weighted by atomic mass is 10.2. The van der Waals surface area contributed by atoms with E-state index in [4.69, 9.17) is 9.47 Å². The van der Waals surface area contributed by atoms with Gasteiger partial charge in [0, 0.05) is 32.6 Å². The molecule has 6 nitrogen and oxygen atoms in total. The fraction of sp³-hybridized carbons (Fsp3) is 0.857. The van der Waals surface area contributed by atoms with Crippen LogP contribution in [0.4, 0.5) is 0 Å². The summed E-state index contributed by atoms with van der Waals surface area (Å²) < 4.78 is 15.2. The molecule has 21 heavy (non-hydrogen) atoms. The van der Waals surface area contributed by atoms with Crippen molar-refractivity contribution in [1.82, 2.24) is 4.90 Å². The Morgan fingerprint density at radius 2 is 2.19 bits per heavy atom. The third kappa shape index (κ3) is 7.68. The average Bonchev–Trinajstić information content (AvgIpc) is 3.00. The Morgan fingerprint density at radius 3 is 2.81 bits per heavy atom. The van der Waals surface area contributed by atoms with Crippen LogP contribution in [0, 0.1) is 0 Å². The van der Waals surface area contributed by atoms with Crippen LogP contribution in [0.25, 0.3) is 0 Å². The molecule has 1 saturated heterocycles. The molecule has 0 aliphatic carbocycles. The number of nitrogens with zero attached hydrogens (tertiary/aromatic N) is 1. The van der Waals surface area contributed by atoms with Crippen LogP contribution >= 0.6 is 11.8 Å². The first-order chi connectivity index (χ1) is 10.2. The third-order valence-corrected chi connectivity index (χ3v) is 4.18. The molecule has 0 bridgehead atoms. The number of esters is 1. The summed E-state index contributed by atoms with van der Waals surface area (Å²) in [7, 11) is 3.00. The zero-order chi connectivity index (χ0) is 15.5. The SMILES string of the molecule is COCCSCC(=O)N(CCC(=O)OC)CC1CCCO1.